The van der Waals surface area contributed by atoms with Crippen molar-refractivity contribution in [2.45, 2.75) is 6.42 Å². The highest BCUT2D eigenvalue weighted by Crippen LogP contribution is 2.11. The lowest BCUT2D eigenvalue weighted by Gasteiger charge is -2.14. The van der Waals surface area contributed by atoms with E-state index in [1.54, 1.807) is 6.20 Å². The number of Topliss-reactive ketones (excluding diaryl/α,β-unsaturated/α-hetero) is 1. The first-order chi connectivity index (χ1) is 6.77. The molecule has 0 saturated heterocycles. The maximum Gasteiger partial charge on any atom is 0.219 e. The lowest BCUT2D eigenvalue weighted by atomic mass is 9.95. The number of rotatable bonds is 2. The summed E-state index contributed by atoms with van der Waals surface area (Å²) in [4.78, 5) is 19.4. The van der Waals surface area contributed by atoms with Crippen LogP contribution in [0, 0.1) is 5.92 Å². The van der Waals surface area contributed by atoms with Crippen LogP contribution in [0.1, 0.15) is 6.42 Å². The minimum absolute atomic E-state index is 0.00588. The molecule has 0 aromatic carbocycles. The molecule has 0 spiro atoms. The quantitative estimate of drug-likeness (QED) is 0.670. The maximum atomic E-state index is 11.8. The number of hydrogen-bond acceptors (Lipinski definition) is 3. The average Bonchev–Trinajstić information content (AvgIpc) is 2.65. The van der Waals surface area contributed by atoms with Gasteiger partial charge in [-0.3, -0.25) is 4.79 Å². The Hall–Kier alpha value is -1.36. The average molecular weight is 207 g/mol. The van der Waals surface area contributed by atoms with Crippen LogP contribution in [0.15, 0.2) is 22.3 Å². The fourth-order valence-electron chi connectivity index (χ4n) is 1.41. The number of thiocarbonyl (C=S) groups is 1. The van der Waals surface area contributed by atoms with E-state index >= 15 is 0 Å². The van der Waals surface area contributed by atoms with E-state index < -0.39 is 0 Å². The smallest absolute Gasteiger partial charge is 0.219 e. The third-order valence-electron chi connectivity index (χ3n) is 2.15. The molecular formula is C9H9N3OS. The zero-order valence-electron chi connectivity index (χ0n) is 7.43. The molecule has 1 unspecified atom stereocenters. The molecule has 2 aliphatic heterocycles. The van der Waals surface area contributed by atoms with E-state index in [9.17, 15) is 4.79 Å². The van der Waals surface area contributed by atoms with Gasteiger partial charge in [-0.25, -0.2) is 9.98 Å². The second-order valence-corrected chi connectivity index (χ2v) is 3.48. The highest BCUT2D eigenvalue weighted by atomic mass is 32.1. The third kappa shape index (κ3) is 1.77. The summed E-state index contributed by atoms with van der Waals surface area (Å²) in [6, 6.07) is 0. The number of hydrogen-bond donors (Lipinski definition) is 1. The summed E-state index contributed by atoms with van der Waals surface area (Å²) >= 11 is 4.75. The molecule has 5 heteroatoms. The van der Waals surface area contributed by atoms with Crippen molar-refractivity contribution in [3.8, 4) is 0 Å². The molecule has 0 fully saturated rings. The zero-order chi connectivity index (χ0) is 9.97. The van der Waals surface area contributed by atoms with E-state index in [0.717, 1.165) is 13.0 Å². The number of ketones is 1. The van der Waals surface area contributed by atoms with Gasteiger partial charge in [-0.1, -0.05) is 6.08 Å². The van der Waals surface area contributed by atoms with Crippen LogP contribution in [0.5, 0.6) is 0 Å². The first-order valence-corrected chi connectivity index (χ1v) is 4.79. The van der Waals surface area contributed by atoms with Crippen molar-refractivity contribution < 1.29 is 4.79 Å². The van der Waals surface area contributed by atoms with E-state index in [4.69, 9.17) is 12.2 Å². The largest absolute Gasteiger partial charge is 0.391 e. The molecule has 14 heavy (non-hydrogen) atoms. The standard InChI is InChI=1S/C9H9N3OS/c13-8(6-1-3-10-4-2-6)7-5-11-9(14)12-7/h1,3,5-6,10H,2,4H2. The first-order valence-electron chi connectivity index (χ1n) is 4.38. The fourth-order valence-corrected chi connectivity index (χ4v) is 1.56. The van der Waals surface area contributed by atoms with Crippen LogP contribution in [-0.4, -0.2) is 29.4 Å². The molecule has 72 valence electrons. The van der Waals surface area contributed by atoms with E-state index in [2.05, 4.69) is 15.3 Å². The van der Waals surface area contributed by atoms with Crippen molar-refractivity contribution in [3.63, 3.8) is 0 Å². The minimum atomic E-state index is -0.0812. The first kappa shape index (κ1) is 9.21. The second kappa shape index (κ2) is 3.79. The maximum absolute atomic E-state index is 11.8. The molecule has 2 rings (SSSR count). The Balaban J connectivity index is 2.12. The molecule has 2 aliphatic rings. The normalized spacial score (nSPS) is 24.7. The number of nitrogens with zero attached hydrogens (tertiary/aromatic N) is 2. The van der Waals surface area contributed by atoms with E-state index in [0.29, 0.717) is 5.71 Å². The van der Waals surface area contributed by atoms with Gasteiger partial charge in [-0.15, -0.1) is 0 Å². The predicted octanol–water partition coefficient (Wildman–Crippen LogP) is 0.489. The summed E-state index contributed by atoms with van der Waals surface area (Å²) in [5.74, 6) is -0.0753. The van der Waals surface area contributed by atoms with Crippen molar-refractivity contribution in [1.29, 1.82) is 0 Å². The van der Waals surface area contributed by atoms with Crippen LogP contribution in [-0.2, 0) is 4.79 Å². The Labute approximate surface area is 86.8 Å². The van der Waals surface area contributed by atoms with Gasteiger partial charge in [0.05, 0.1) is 6.21 Å². The predicted molar refractivity (Wildman–Crippen MR) is 58.8 cm³/mol. The molecule has 0 radical (unpaired) electrons. The van der Waals surface area contributed by atoms with Gasteiger partial charge in [0.25, 0.3) is 0 Å². The molecule has 4 nitrogen and oxygen atoms in total. The molecule has 2 heterocycles. The lowest BCUT2D eigenvalue weighted by Crippen LogP contribution is -2.28. The van der Waals surface area contributed by atoms with Crippen LogP contribution in [0.3, 0.4) is 0 Å². The third-order valence-corrected chi connectivity index (χ3v) is 2.35. The number of aliphatic imine (C=N–C) groups is 2. The number of carbonyl (C=O) groups excluding carboxylic acids is 1. The van der Waals surface area contributed by atoms with Crippen molar-refractivity contribution in [2.75, 3.05) is 6.54 Å². The fraction of sp³-hybridized carbons (Fsp3) is 0.333. The molecular weight excluding hydrogens is 198 g/mol. The van der Waals surface area contributed by atoms with Gasteiger partial charge in [0.15, 0.2) is 5.78 Å². The molecule has 0 bridgehead atoms. The lowest BCUT2D eigenvalue weighted by molar-refractivity contribution is -0.115. The van der Waals surface area contributed by atoms with Gasteiger partial charge >= 0.3 is 0 Å². The molecule has 0 aromatic rings. The van der Waals surface area contributed by atoms with Gasteiger partial charge in [-0.2, -0.15) is 0 Å². The number of allylic oxidation sites excluding steroid dienone is 1. The topological polar surface area (TPSA) is 53.8 Å². The highest BCUT2D eigenvalue weighted by molar-refractivity contribution is 7.80. The SMILES string of the molecule is O=C(C1=NC(=S)N=C1)C1C=CNCC1. The monoisotopic (exact) mass is 207 g/mol. The van der Waals surface area contributed by atoms with Gasteiger partial charge < -0.3 is 5.32 Å². The summed E-state index contributed by atoms with van der Waals surface area (Å²) < 4.78 is 0. The van der Waals surface area contributed by atoms with Crippen molar-refractivity contribution in [1.82, 2.24) is 5.32 Å². The van der Waals surface area contributed by atoms with Crippen molar-refractivity contribution >= 4 is 35.0 Å². The van der Waals surface area contributed by atoms with Crippen molar-refractivity contribution in [2.24, 2.45) is 15.9 Å². The Morgan fingerprint density at radius 2 is 2.50 bits per heavy atom. The number of carbonyl (C=O) groups is 1. The Morgan fingerprint density at radius 1 is 1.64 bits per heavy atom. The van der Waals surface area contributed by atoms with Gasteiger partial charge in [0.1, 0.15) is 5.71 Å². The Bertz CT molecular complexity index is 370. The summed E-state index contributed by atoms with van der Waals surface area (Å²) in [5.41, 5.74) is 0.381. The van der Waals surface area contributed by atoms with Gasteiger partial charge in [-0.05, 0) is 24.8 Å². The molecule has 0 aliphatic carbocycles. The molecule has 0 saturated carbocycles. The summed E-state index contributed by atoms with van der Waals surface area (Å²) in [7, 11) is 0. The molecule has 0 aromatic heterocycles. The molecule has 0 amide bonds. The Kier molecular flexibility index (Phi) is 2.49. The summed E-state index contributed by atoms with van der Waals surface area (Å²) in [6.45, 7) is 0.821. The van der Waals surface area contributed by atoms with Crippen LogP contribution in [0.2, 0.25) is 0 Å². The summed E-state index contributed by atoms with van der Waals surface area (Å²) in [5, 5.41) is 3.28. The molecule has 1 atom stereocenters. The van der Waals surface area contributed by atoms with E-state index in [1.165, 1.54) is 6.21 Å². The number of nitrogens with one attached hydrogen (secondary N) is 1. The Morgan fingerprint density at radius 3 is 3.07 bits per heavy atom. The second-order valence-electron chi connectivity index (χ2n) is 3.11. The van der Waals surface area contributed by atoms with E-state index in [1.807, 2.05) is 6.08 Å². The van der Waals surface area contributed by atoms with Crippen molar-refractivity contribution in [3.05, 3.63) is 12.3 Å². The summed E-state index contributed by atoms with van der Waals surface area (Å²) in [6.07, 6.45) is 5.90. The van der Waals surface area contributed by atoms with Crippen LogP contribution >= 0.6 is 12.2 Å². The zero-order valence-corrected chi connectivity index (χ0v) is 8.25. The highest BCUT2D eigenvalue weighted by Gasteiger charge is 2.23. The van der Waals surface area contributed by atoms with Gasteiger partial charge in [0, 0.05) is 12.5 Å². The van der Waals surface area contributed by atoms with Crippen LogP contribution < -0.4 is 5.32 Å². The van der Waals surface area contributed by atoms with Crippen LogP contribution in [0.4, 0.5) is 0 Å². The van der Waals surface area contributed by atoms with Gasteiger partial charge in [0.2, 0.25) is 5.11 Å². The van der Waals surface area contributed by atoms with E-state index in [-0.39, 0.29) is 16.8 Å². The van der Waals surface area contributed by atoms with Crippen LogP contribution in [0.25, 0.3) is 0 Å². The molecule has 1 N–H and O–H groups in total. The minimum Gasteiger partial charge on any atom is -0.391 e.